The number of benzene rings is 1. The third-order valence-corrected chi connectivity index (χ3v) is 5.53. The van der Waals surface area contributed by atoms with Crippen molar-refractivity contribution in [1.29, 1.82) is 0 Å². The van der Waals surface area contributed by atoms with Crippen LogP contribution in [-0.2, 0) is 4.79 Å². The van der Waals surface area contributed by atoms with Gasteiger partial charge in [-0.1, -0.05) is 24.3 Å². The SMILES string of the molecule is CN(C)C(=O)C(C)(/C=C/c1ccc(F)cc1)N1CCN(c2ncc(C(=O)NO)cn2)CC1. The van der Waals surface area contributed by atoms with Crippen LogP contribution in [0.5, 0.6) is 0 Å². The van der Waals surface area contributed by atoms with Crippen LogP contribution in [0.1, 0.15) is 22.8 Å². The third kappa shape index (κ3) is 5.09. The topological polar surface area (TPSA) is 102 Å². The predicted molar refractivity (Wildman–Crippen MR) is 118 cm³/mol. The number of carbonyl (C=O) groups excluding carboxylic acids is 2. The first-order valence-corrected chi connectivity index (χ1v) is 10.2. The Morgan fingerprint density at radius 2 is 1.72 bits per heavy atom. The molecule has 1 aromatic heterocycles. The minimum Gasteiger partial charge on any atom is -0.347 e. The molecule has 9 nitrogen and oxygen atoms in total. The van der Waals surface area contributed by atoms with Crippen molar-refractivity contribution in [2.45, 2.75) is 12.5 Å². The lowest BCUT2D eigenvalue weighted by Gasteiger charge is -2.44. The first-order chi connectivity index (χ1) is 15.2. The number of carbonyl (C=O) groups is 2. The summed E-state index contributed by atoms with van der Waals surface area (Å²) < 4.78 is 13.2. The monoisotopic (exact) mass is 442 g/mol. The van der Waals surface area contributed by atoms with E-state index in [2.05, 4.69) is 14.9 Å². The number of hydrogen-bond acceptors (Lipinski definition) is 7. The van der Waals surface area contributed by atoms with Gasteiger partial charge in [-0.15, -0.1) is 0 Å². The first-order valence-electron chi connectivity index (χ1n) is 10.2. The zero-order valence-electron chi connectivity index (χ0n) is 18.3. The fraction of sp³-hybridized carbons (Fsp3) is 0.364. The molecule has 1 saturated heterocycles. The number of piperazine rings is 1. The van der Waals surface area contributed by atoms with Crippen LogP contribution < -0.4 is 10.4 Å². The fourth-order valence-corrected chi connectivity index (χ4v) is 3.63. The molecule has 2 N–H and O–H groups in total. The normalized spacial score (nSPS) is 16.6. The Bertz CT molecular complexity index is 972. The number of hydrogen-bond donors (Lipinski definition) is 2. The molecule has 0 aliphatic carbocycles. The van der Waals surface area contributed by atoms with Gasteiger partial charge in [0.05, 0.1) is 5.56 Å². The number of likely N-dealkylation sites (N-methyl/N-ethyl adjacent to an activating group) is 1. The van der Waals surface area contributed by atoms with Gasteiger partial charge >= 0.3 is 0 Å². The Morgan fingerprint density at radius 1 is 1.12 bits per heavy atom. The van der Waals surface area contributed by atoms with Crippen molar-refractivity contribution >= 4 is 23.8 Å². The van der Waals surface area contributed by atoms with E-state index in [1.165, 1.54) is 24.5 Å². The van der Waals surface area contributed by atoms with Gasteiger partial charge in [0, 0.05) is 52.7 Å². The summed E-state index contributed by atoms with van der Waals surface area (Å²) in [7, 11) is 3.45. The molecule has 0 radical (unpaired) electrons. The van der Waals surface area contributed by atoms with Gasteiger partial charge in [0.2, 0.25) is 11.9 Å². The molecular formula is C22H27FN6O3. The van der Waals surface area contributed by atoms with Gasteiger partial charge in [-0.25, -0.2) is 19.8 Å². The molecule has 0 saturated carbocycles. The number of nitrogens with one attached hydrogen (secondary N) is 1. The van der Waals surface area contributed by atoms with Crippen LogP contribution in [0.2, 0.25) is 0 Å². The van der Waals surface area contributed by atoms with Crippen molar-refractivity contribution < 1.29 is 19.2 Å². The Hall–Kier alpha value is -3.37. The molecule has 1 unspecified atom stereocenters. The number of hydroxylamine groups is 1. The minimum absolute atomic E-state index is 0.0556. The van der Waals surface area contributed by atoms with Gasteiger partial charge < -0.3 is 9.80 Å². The number of halogens is 1. The standard InChI is InChI=1S/C22H27FN6O3/c1-22(20(31)27(2)3,9-8-16-4-6-18(23)7-5-16)29-12-10-28(11-13-29)21-24-14-17(15-25-21)19(30)26-32/h4-9,14-15,32H,10-13H2,1-3H3,(H,26,30)/b9-8+. The van der Waals surface area contributed by atoms with E-state index in [0.29, 0.717) is 32.1 Å². The molecule has 0 bridgehead atoms. The highest BCUT2D eigenvalue weighted by atomic mass is 19.1. The average Bonchev–Trinajstić information content (AvgIpc) is 2.82. The Morgan fingerprint density at radius 3 is 2.25 bits per heavy atom. The van der Waals surface area contributed by atoms with Crippen molar-refractivity contribution in [3.63, 3.8) is 0 Å². The molecule has 2 aromatic rings. The molecule has 1 fully saturated rings. The number of rotatable bonds is 6. The van der Waals surface area contributed by atoms with Crippen LogP contribution in [0.15, 0.2) is 42.7 Å². The molecule has 3 rings (SSSR count). The fourth-order valence-electron chi connectivity index (χ4n) is 3.63. The molecule has 2 heterocycles. The Labute approximate surface area is 186 Å². The van der Waals surface area contributed by atoms with Crippen LogP contribution in [-0.4, -0.2) is 82.6 Å². The van der Waals surface area contributed by atoms with Gasteiger partial charge in [0.25, 0.3) is 5.91 Å². The van der Waals surface area contributed by atoms with E-state index >= 15 is 0 Å². The molecule has 1 aliphatic heterocycles. The van der Waals surface area contributed by atoms with Crippen LogP contribution in [0, 0.1) is 5.82 Å². The zero-order valence-corrected chi connectivity index (χ0v) is 18.3. The van der Waals surface area contributed by atoms with E-state index in [-0.39, 0.29) is 17.3 Å². The van der Waals surface area contributed by atoms with Gasteiger partial charge in [0.15, 0.2) is 0 Å². The summed E-state index contributed by atoms with van der Waals surface area (Å²) in [5, 5.41) is 8.70. The Balaban J connectivity index is 1.74. The van der Waals surface area contributed by atoms with Gasteiger partial charge in [-0.3, -0.25) is 19.7 Å². The molecular weight excluding hydrogens is 415 g/mol. The lowest BCUT2D eigenvalue weighted by Crippen LogP contribution is -2.61. The highest BCUT2D eigenvalue weighted by Crippen LogP contribution is 2.24. The second kappa shape index (κ2) is 9.84. The lowest BCUT2D eigenvalue weighted by molar-refractivity contribution is -0.138. The van der Waals surface area contributed by atoms with Gasteiger partial charge in [0.1, 0.15) is 11.4 Å². The van der Waals surface area contributed by atoms with Gasteiger partial charge in [-0.05, 0) is 24.6 Å². The van der Waals surface area contributed by atoms with Crippen LogP contribution in [0.4, 0.5) is 10.3 Å². The number of nitrogens with zero attached hydrogens (tertiary/aromatic N) is 5. The highest BCUT2D eigenvalue weighted by molar-refractivity contribution is 5.92. The Kier molecular flexibility index (Phi) is 7.16. The smallest absolute Gasteiger partial charge is 0.277 e. The summed E-state index contributed by atoms with van der Waals surface area (Å²) in [6, 6.07) is 6.11. The van der Waals surface area contributed by atoms with E-state index in [9.17, 15) is 14.0 Å². The van der Waals surface area contributed by atoms with E-state index in [0.717, 1.165) is 5.56 Å². The zero-order chi connectivity index (χ0) is 23.3. The summed E-state index contributed by atoms with van der Waals surface area (Å²) >= 11 is 0. The molecule has 170 valence electrons. The molecule has 1 aliphatic rings. The molecule has 2 amide bonds. The number of anilines is 1. The summed E-state index contributed by atoms with van der Waals surface area (Å²) in [6.45, 7) is 4.24. The average molecular weight is 442 g/mol. The largest absolute Gasteiger partial charge is 0.347 e. The maximum absolute atomic E-state index is 13.2. The van der Waals surface area contributed by atoms with Crippen LogP contribution >= 0.6 is 0 Å². The van der Waals surface area contributed by atoms with E-state index in [4.69, 9.17) is 5.21 Å². The van der Waals surface area contributed by atoms with Crippen molar-refractivity contribution in [2.75, 3.05) is 45.2 Å². The van der Waals surface area contributed by atoms with E-state index in [1.54, 1.807) is 36.6 Å². The van der Waals surface area contributed by atoms with E-state index < -0.39 is 11.4 Å². The molecule has 1 atom stereocenters. The molecule has 32 heavy (non-hydrogen) atoms. The van der Waals surface area contributed by atoms with Gasteiger partial charge in [-0.2, -0.15) is 0 Å². The maximum atomic E-state index is 13.2. The number of aromatic nitrogens is 2. The van der Waals surface area contributed by atoms with E-state index in [1.807, 2.05) is 24.0 Å². The molecule has 0 spiro atoms. The quantitative estimate of drug-likeness (QED) is 0.515. The lowest BCUT2D eigenvalue weighted by atomic mass is 9.95. The van der Waals surface area contributed by atoms with Crippen molar-refractivity contribution in [1.82, 2.24) is 25.2 Å². The predicted octanol–water partition coefficient (Wildman–Crippen LogP) is 1.42. The van der Waals surface area contributed by atoms with Crippen molar-refractivity contribution in [3.05, 3.63) is 59.7 Å². The number of amides is 2. The summed E-state index contributed by atoms with van der Waals surface area (Å²) in [6.07, 6.45) is 6.40. The first kappa shape index (κ1) is 23.3. The van der Waals surface area contributed by atoms with Crippen molar-refractivity contribution in [2.24, 2.45) is 0 Å². The summed E-state index contributed by atoms with van der Waals surface area (Å²) in [5.41, 5.74) is 1.63. The van der Waals surface area contributed by atoms with Crippen LogP contribution in [0.3, 0.4) is 0 Å². The maximum Gasteiger partial charge on any atom is 0.277 e. The molecule has 1 aromatic carbocycles. The second-order valence-electron chi connectivity index (χ2n) is 7.92. The minimum atomic E-state index is -0.881. The van der Waals surface area contributed by atoms with Crippen LogP contribution in [0.25, 0.3) is 6.08 Å². The second-order valence-corrected chi connectivity index (χ2v) is 7.92. The highest BCUT2D eigenvalue weighted by Gasteiger charge is 2.39. The summed E-state index contributed by atoms with van der Waals surface area (Å²) in [4.78, 5) is 38.6. The van der Waals surface area contributed by atoms with Crippen molar-refractivity contribution in [3.8, 4) is 0 Å². The molecule has 10 heteroatoms. The third-order valence-electron chi connectivity index (χ3n) is 5.53. The summed E-state index contributed by atoms with van der Waals surface area (Å²) in [5.74, 6) is -0.563.